The summed E-state index contributed by atoms with van der Waals surface area (Å²) in [5.41, 5.74) is 1.45. The lowest BCUT2D eigenvalue weighted by molar-refractivity contribution is 0.199. The zero-order chi connectivity index (χ0) is 15.6. The van der Waals surface area contributed by atoms with E-state index in [0.29, 0.717) is 17.3 Å². The van der Waals surface area contributed by atoms with Crippen molar-refractivity contribution < 1.29 is 13.5 Å². The first kappa shape index (κ1) is 16.9. The average Bonchev–Trinajstić information content (AvgIpc) is 2.47. The molecule has 21 heavy (non-hydrogen) atoms. The highest BCUT2D eigenvalue weighted by molar-refractivity contribution is 8.01. The number of rotatable bonds is 4. The standard InChI is InChI=1S/C14H20ClNO3S2/c1-3-21(18,19)14-9-20-7-6-16(14)13-5-4-11(10(2)17)8-12(13)15/h4-5,8,10,14,17H,3,6-7,9H2,1-2H3/t10-,14?/m0/s1. The zero-order valence-electron chi connectivity index (χ0n) is 12.1. The molecule has 0 radical (unpaired) electrons. The first-order valence-electron chi connectivity index (χ1n) is 6.90. The van der Waals surface area contributed by atoms with Crippen LogP contribution in [0.4, 0.5) is 5.69 Å². The summed E-state index contributed by atoms with van der Waals surface area (Å²) in [6.45, 7) is 4.00. The van der Waals surface area contributed by atoms with E-state index in [2.05, 4.69) is 0 Å². The number of thioether (sulfide) groups is 1. The van der Waals surface area contributed by atoms with E-state index in [9.17, 15) is 13.5 Å². The molecule has 1 saturated heterocycles. The smallest absolute Gasteiger partial charge is 0.171 e. The topological polar surface area (TPSA) is 57.6 Å². The second-order valence-corrected chi connectivity index (χ2v) is 9.07. The molecular formula is C14H20ClNO3S2. The number of hydrogen-bond acceptors (Lipinski definition) is 5. The predicted octanol–water partition coefficient (Wildman–Crippen LogP) is 2.71. The van der Waals surface area contributed by atoms with Gasteiger partial charge < -0.3 is 10.0 Å². The van der Waals surface area contributed by atoms with Gasteiger partial charge in [-0.1, -0.05) is 24.6 Å². The van der Waals surface area contributed by atoms with Crippen LogP contribution in [0.1, 0.15) is 25.5 Å². The van der Waals surface area contributed by atoms with Gasteiger partial charge in [0.1, 0.15) is 5.37 Å². The molecule has 1 heterocycles. The summed E-state index contributed by atoms with van der Waals surface area (Å²) >= 11 is 7.96. The van der Waals surface area contributed by atoms with Crippen LogP contribution in [0.5, 0.6) is 0 Å². The number of sulfone groups is 1. The SMILES string of the molecule is CCS(=O)(=O)C1CSCCN1c1ccc([C@H](C)O)cc1Cl. The minimum Gasteiger partial charge on any atom is -0.389 e. The van der Waals surface area contributed by atoms with Gasteiger partial charge in [-0.25, -0.2) is 8.42 Å². The fourth-order valence-electron chi connectivity index (χ4n) is 2.36. The Hall–Kier alpha value is -0.430. The van der Waals surface area contributed by atoms with Crippen molar-refractivity contribution in [2.75, 3.05) is 28.7 Å². The molecule has 1 N–H and O–H groups in total. The van der Waals surface area contributed by atoms with Crippen molar-refractivity contribution in [2.45, 2.75) is 25.3 Å². The second-order valence-electron chi connectivity index (χ2n) is 5.06. The van der Waals surface area contributed by atoms with E-state index in [-0.39, 0.29) is 5.75 Å². The van der Waals surface area contributed by atoms with Gasteiger partial charge in [0.2, 0.25) is 0 Å². The van der Waals surface area contributed by atoms with Gasteiger partial charge >= 0.3 is 0 Å². The average molecular weight is 350 g/mol. The minimum absolute atomic E-state index is 0.123. The van der Waals surface area contributed by atoms with E-state index in [1.165, 1.54) is 0 Å². The van der Waals surface area contributed by atoms with Crippen LogP contribution in [0.15, 0.2) is 18.2 Å². The van der Waals surface area contributed by atoms with Gasteiger partial charge in [-0.05, 0) is 24.6 Å². The molecular weight excluding hydrogens is 330 g/mol. The number of aliphatic hydroxyl groups is 1. The summed E-state index contributed by atoms with van der Waals surface area (Å²) in [7, 11) is -3.16. The van der Waals surface area contributed by atoms with Gasteiger partial charge in [-0.15, -0.1) is 0 Å². The van der Waals surface area contributed by atoms with Crippen LogP contribution >= 0.6 is 23.4 Å². The highest BCUT2D eigenvalue weighted by atomic mass is 35.5. The fraction of sp³-hybridized carbons (Fsp3) is 0.571. The van der Waals surface area contributed by atoms with Crippen LogP contribution in [-0.2, 0) is 9.84 Å². The number of hydrogen-bond donors (Lipinski definition) is 1. The van der Waals surface area contributed by atoms with Crippen molar-refractivity contribution >= 4 is 38.9 Å². The van der Waals surface area contributed by atoms with Gasteiger partial charge in [0.25, 0.3) is 0 Å². The summed E-state index contributed by atoms with van der Waals surface area (Å²) < 4.78 is 24.6. The van der Waals surface area contributed by atoms with Gasteiger partial charge in [0, 0.05) is 23.8 Å². The summed E-state index contributed by atoms with van der Waals surface area (Å²) in [6, 6.07) is 5.31. The Morgan fingerprint density at radius 3 is 2.81 bits per heavy atom. The summed E-state index contributed by atoms with van der Waals surface area (Å²) in [5, 5.41) is 9.55. The molecule has 0 spiro atoms. The summed E-state index contributed by atoms with van der Waals surface area (Å²) in [4.78, 5) is 1.88. The Morgan fingerprint density at radius 2 is 2.24 bits per heavy atom. The van der Waals surface area contributed by atoms with Crippen molar-refractivity contribution in [3.63, 3.8) is 0 Å². The second kappa shape index (κ2) is 6.77. The van der Waals surface area contributed by atoms with Crippen LogP contribution in [-0.4, -0.2) is 42.7 Å². The van der Waals surface area contributed by atoms with Gasteiger partial charge in [0.05, 0.1) is 16.8 Å². The number of nitrogens with zero attached hydrogens (tertiary/aromatic N) is 1. The maximum atomic E-state index is 12.3. The van der Waals surface area contributed by atoms with Crippen molar-refractivity contribution in [3.05, 3.63) is 28.8 Å². The monoisotopic (exact) mass is 349 g/mol. The molecule has 4 nitrogen and oxygen atoms in total. The van der Waals surface area contributed by atoms with E-state index < -0.39 is 21.3 Å². The number of halogens is 1. The third kappa shape index (κ3) is 3.67. The molecule has 0 aliphatic carbocycles. The molecule has 2 rings (SSSR count). The highest BCUT2D eigenvalue weighted by Crippen LogP contribution is 2.34. The molecule has 0 aromatic heterocycles. The molecule has 118 valence electrons. The van der Waals surface area contributed by atoms with Crippen LogP contribution in [0.3, 0.4) is 0 Å². The molecule has 1 aromatic carbocycles. The van der Waals surface area contributed by atoms with Crippen molar-refractivity contribution in [1.82, 2.24) is 0 Å². The normalized spacial score (nSPS) is 21.3. The molecule has 0 bridgehead atoms. The summed E-state index contributed by atoms with van der Waals surface area (Å²) in [6.07, 6.45) is -0.594. The number of benzene rings is 1. The lowest BCUT2D eigenvalue weighted by Gasteiger charge is -2.37. The lowest BCUT2D eigenvalue weighted by Crippen LogP contribution is -2.48. The molecule has 0 saturated carbocycles. The highest BCUT2D eigenvalue weighted by Gasteiger charge is 2.33. The van der Waals surface area contributed by atoms with Crippen molar-refractivity contribution in [1.29, 1.82) is 0 Å². The largest absolute Gasteiger partial charge is 0.389 e. The fourth-order valence-corrected chi connectivity index (χ4v) is 5.64. The molecule has 0 amide bonds. The zero-order valence-corrected chi connectivity index (χ0v) is 14.5. The molecule has 1 unspecified atom stereocenters. The summed E-state index contributed by atoms with van der Waals surface area (Å²) in [5.74, 6) is 1.56. The van der Waals surface area contributed by atoms with E-state index in [1.807, 2.05) is 4.90 Å². The third-order valence-corrected chi connectivity index (χ3v) is 7.26. The van der Waals surface area contributed by atoms with Crippen LogP contribution in [0.2, 0.25) is 5.02 Å². The Labute approximate surface area is 135 Å². The quantitative estimate of drug-likeness (QED) is 0.905. The minimum atomic E-state index is -3.16. The Bertz CT molecular complexity index is 604. The maximum Gasteiger partial charge on any atom is 0.171 e. The maximum absolute atomic E-state index is 12.3. The van der Waals surface area contributed by atoms with E-state index in [1.54, 1.807) is 43.8 Å². The van der Waals surface area contributed by atoms with Crippen LogP contribution in [0, 0.1) is 0 Å². The Morgan fingerprint density at radius 1 is 1.52 bits per heavy atom. The molecule has 2 atom stereocenters. The van der Waals surface area contributed by atoms with Crippen LogP contribution < -0.4 is 4.90 Å². The van der Waals surface area contributed by atoms with Crippen LogP contribution in [0.25, 0.3) is 0 Å². The number of anilines is 1. The van der Waals surface area contributed by atoms with Gasteiger partial charge in [-0.3, -0.25) is 0 Å². The third-order valence-electron chi connectivity index (χ3n) is 3.67. The number of aliphatic hydroxyl groups excluding tert-OH is 1. The van der Waals surface area contributed by atoms with Gasteiger partial charge in [0.15, 0.2) is 9.84 Å². The molecule has 1 aliphatic heterocycles. The van der Waals surface area contributed by atoms with E-state index in [0.717, 1.165) is 17.0 Å². The lowest BCUT2D eigenvalue weighted by atomic mass is 10.1. The van der Waals surface area contributed by atoms with Crippen molar-refractivity contribution in [2.24, 2.45) is 0 Å². The van der Waals surface area contributed by atoms with E-state index >= 15 is 0 Å². The predicted molar refractivity (Wildman–Crippen MR) is 90.0 cm³/mol. The van der Waals surface area contributed by atoms with Gasteiger partial charge in [-0.2, -0.15) is 11.8 Å². The first-order chi connectivity index (χ1) is 9.86. The molecule has 1 aliphatic rings. The first-order valence-corrected chi connectivity index (χ1v) is 10.1. The Kier molecular flexibility index (Phi) is 5.46. The van der Waals surface area contributed by atoms with E-state index in [4.69, 9.17) is 11.6 Å². The Balaban J connectivity index is 2.38. The molecule has 1 aromatic rings. The molecule has 7 heteroatoms. The molecule has 1 fully saturated rings. The van der Waals surface area contributed by atoms with Crippen molar-refractivity contribution in [3.8, 4) is 0 Å².